The molecule has 5 rings (SSSR count). The smallest absolute Gasteiger partial charge is 0.300 e. The van der Waals surface area contributed by atoms with Gasteiger partial charge in [-0.25, -0.2) is 0 Å². The predicted octanol–water partition coefficient (Wildman–Crippen LogP) is 5.90. The lowest BCUT2D eigenvalue weighted by atomic mass is 9.87. The summed E-state index contributed by atoms with van der Waals surface area (Å²) in [6.45, 7) is 8.93. The Hall–Kier alpha value is -2.97. The van der Waals surface area contributed by atoms with Crippen LogP contribution in [0.15, 0.2) is 36.4 Å². The number of ether oxygens (including phenoxy) is 2. The van der Waals surface area contributed by atoms with Crippen LogP contribution in [0.4, 0.5) is 5.69 Å². The van der Waals surface area contributed by atoms with Gasteiger partial charge >= 0.3 is 0 Å². The molecule has 3 heterocycles. The largest absolute Gasteiger partial charge is 0.494 e. The molecule has 0 aliphatic carbocycles. The number of amides is 1. The lowest BCUT2D eigenvalue weighted by Gasteiger charge is -2.39. The van der Waals surface area contributed by atoms with Gasteiger partial charge in [0.05, 0.1) is 40.6 Å². The first-order valence-electron chi connectivity index (χ1n) is 11.0. The first-order chi connectivity index (χ1) is 15.8. The van der Waals surface area contributed by atoms with Gasteiger partial charge in [-0.15, -0.1) is 0 Å². The Kier molecular flexibility index (Phi) is 5.17. The van der Waals surface area contributed by atoms with E-state index >= 15 is 0 Å². The van der Waals surface area contributed by atoms with Crippen molar-refractivity contribution < 1.29 is 19.1 Å². The topological polar surface area (TPSA) is 60.8 Å². The van der Waals surface area contributed by atoms with Gasteiger partial charge in [0.2, 0.25) is 0 Å². The molecule has 6 nitrogen and oxygen atoms in total. The SMILES string of the molecule is CCCOc1ccccc1-n1sc2c(c1=S)-c1cc(OCC)cc3c1N(C(=O)C3=O)C2(C)C. The van der Waals surface area contributed by atoms with E-state index in [1.54, 1.807) is 11.0 Å². The third kappa shape index (κ3) is 3.08. The highest BCUT2D eigenvalue weighted by Crippen LogP contribution is 2.55. The van der Waals surface area contributed by atoms with Crippen LogP contribution < -0.4 is 14.4 Å². The quantitative estimate of drug-likeness (QED) is 0.325. The van der Waals surface area contributed by atoms with Crippen molar-refractivity contribution in [2.75, 3.05) is 18.1 Å². The average Bonchev–Trinajstić information content (AvgIpc) is 3.27. The minimum absolute atomic E-state index is 0.374. The van der Waals surface area contributed by atoms with Gasteiger partial charge in [-0.05, 0) is 51.5 Å². The predicted molar refractivity (Wildman–Crippen MR) is 132 cm³/mol. The Morgan fingerprint density at radius 1 is 1.06 bits per heavy atom. The summed E-state index contributed by atoms with van der Waals surface area (Å²) in [5.74, 6) is 0.283. The summed E-state index contributed by atoms with van der Waals surface area (Å²) < 4.78 is 14.3. The van der Waals surface area contributed by atoms with E-state index in [1.807, 2.05) is 55.1 Å². The summed E-state index contributed by atoms with van der Waals surface area (Å²) in [6.07, 6.45) is 0.898. The molecule has 0 bridgehead atoms. The van der Waals surface area contributed by atoms with Crippen molar-refractivity contribution in [2.45, 2.75) is 39.7 Å². The summed E-state index contributed by atoms with van der Waals surface area (Å²) in [4.78, 5) is 28.5. The molecule has 0 spiro atoms. The highest BCUT2D eigenvalue weighted by molar-refractivity contribution is 7.71. The van der Waals surface area contributed by atoms with Gasteiger partial charge in [0, 0.05) is 11.1 Å². The van der Waals surface area contributed by atoms with Crippen molar-refractivity contribution in [1.29, 1.82) is 0 Å². The van der Waals surface area contributed by atoms with Gasteiger partial charge in [0.25, 0.3) is 11.7 Å². The van der Waals surface area contributed by atoms with E-state index in [1.165, 1.54) is 11.5 Å². The van der Waals surface area contributed by atoms with E-state index < -0.39 is 17.2 Å². The molecule has 0 saturated heterocycles. The number of carbonyl (C=O) groups excluding carboxylic acids is 2. The Morgan fingerprint density at radius 2 is 1.79 bits per heavy atom. The Labute approximate surface area is 201 Å². The third-order valence-corrected chi connectivity index (χ3v) is 7.95. The molecule has 3 aromatic rings. The number of rotatable bonds is 6. The van der Waals surface area contributed by atoms with Crippen LogP contribution in [0, 0.1) is 4.64 Å². The van der Waals surface area contributed by atoms with Crippen LogP contribution in [0.2, 0.25) is 0 Å². The van der Waals surface area contributed by atoms with Gasteiger partial charge in [0.1, 0.15) is 16.1 Å². The lowest BCUT2D eigenvalue weighted by Crippen LogP contribution is -2.46. The Bertz CT molecular complexity index is 1370. The van der Waals surface area contributed by atoms with Crippen molar-refractivity contribution in [3.63, 3.8) is 0 Å². The summed E-state index contributed by atoms with van der Waals surface area (Å²) >= 11 is 7.49. The second-order valence-electron chi connectivity index (χ2n) is 8.54. The molecular weight excluding hydrogens is 456 g/mol. The van der Waals surface area contributed by atoms with E-state index in [9.17, 15) is 9.59 Å². The number of hydrogen-bond donors (Lipinski definition) is 0. The summed E-state index contributed by atoms with van der Waals surface area (Å²) in [7, 11) is 0. The van der Waals surface area contributed by atoms with E-state index in [4.69, 9.17) is 21.7 Å². The maximum Gasteiger partial charge on any atom is 0.300 e. The van der Waals surface area contributed by atoms with Crippen LogP contribution >= 0.6 is 23.8 Å². The molecule has 0 saturated carbocycles. The highest BCUT2D eigenvalue weighted by Gasteiger charge is 2.51. The van der Waals surface area contributed by atoms with E-state index in [0.29, 0.717) is 34.9 Å². The van der Waals surface area contributed by atoms with Crippen molar-refractivity contribution in [3.8, 4) is 28.3 Å². The molecule has 2 aromatic carbocycles. The monoisotopic (exact) mass is 480 g/mol. The number of anilines is 1. The fraction of sp³-hybridized carbons (Fsp3) is 0.320. The molecule has 0 radical (unpaired) electrons. The van der Waals surface area contributed by atoms with Gasteiger partial charge in [-0.2, -0.15) is 0 Å². The number of fused-ring (bicyclic) bond motifs is 2. The van der Waals surface area contributed by atoms with E-state index in [2.05, 4.69) is 6.92 Å². The van der Waals surface area contributed by atoms with Gasteiger partial charge in [-0.1, -0.05) is 42.8 Å². The normalized spacial score (nSPS) is 15.5. The van der Waals surface area contributed by atoms with Crippen LogP contribution in [0.5, 0.6) is 11.5 Å². The number of benzene rings is 2. The number of para-hydroxylation sites is 2. The number of ketones is 1. The first-order valence-corrected chi connectivity index (χ1v) is 12.2. The highest BCUT2D eigenvalue weighted by atomic mass is 32.1. The number of aromatic nitrogens is 1. The zero-order valence-corrected chi connectivity index (χ0v) is 20.6. The summed E-state index contributed by atoms with van der Waals surface area (Å²) in [5.41, 5.74) is 2.74. The van der Waals surface area contributed by atoms with Crippen molar-refractivity contribution >= 4 is 41.1 Å². The summed E-state index contributed by atoms with van der Waals surface area (Å²) in [6, 6.07) is 11.4. The molecule has 0 fully saturated rings. The van der Waals surface area contributed by atoms with E-state index in [-0.39, 0.29) is 0 Å². The Morgan fingerprint density at radius 3 is 2.52 bits per heavy atom. The number of nitrogens with zero attached hydrogens (tertiary/aromatic N) is 2. The molecule has 8 heteroatoms. The number of Topliss-reactive ketones (excluding diaryl/α,β-unsaturated/α-hetero) is 1. The maximum absolute atomic E-state index is 13.1. The minimum Gasteiger partial charge on any atom is -0.494 e. The molecule has 1 aromatic heterocycles. The molecule has 0 atom stereocenters. The lowest BCUT2D eigenvalue weighted by molar-refractivity contribution is -0.115. The molecule has 33 heavy (non-hydrogen) atoms. The second-order valence-corrected chi connectivity index (χ2v) is 9.88. The average molecular weight is 481 g/mol. The molecule has 170 valence electrons. The molecule has 0 N–H and O–H groups in total. The van der Waals surface area contributed by atoms with Gasteiger partial charge < -0.3 is 9.47 Å². The molecule has 2 aliphatic rings. The van der Waals surface area contributed by atoms with Crippen LogP contribution in [-0.2, 0) is 10.3 Å². The fourth-order valence-electron chi connectivity index (χ4n) is 4.57. The van der Waals surface area contributed by atoms with Gasteiger partial charge in [-0.3, -0.25) is 18.4 Å². The van der Waals surface area contributed by atoms with Crippen molar-refractivity contribution in [1.82, 2.24) is 3.96 Å². The molecule has 1 amide bonds. The molecular formula is C25H24N2O4S2. The maximum atomic E-state index is 13.1. The fourth-order valence-corrected chi connectivity index (χ4v) is 6.27. The standard InChI is InChI=1S/C25H24N2O4S2/c1-5-11-31-18-10-8-7-9-17(18)27-24(32)19-15-12-14(30-6-2)13-16-20(15)26(23(29)21(16)28)25(3,4)22(19)33-27/h7-10,12-13H,5-6,11H2,1-4H3. The van der Waals surface area contributed by atoms with Crippen molar-refractivity contribution in [2.24, 2.45) is 0 Å². The van der Waals surface area contributed by atoms with E-state index in [0.717, 1.165) is 33.9 Å². The first kappa shape index (κ1) is 21.9. The van der Waals surface area contributed by atoms with Crippen LogP contribution in [0.1, 0.15) is 49.4 Å². The number of carbonyl (C=O) groups is 2. The van der Waals surface area contributed by atoms with Crippen LogP contribution in [-0.4, -0.2) is 28.9 Å². The zero-order valence-electron chi connectivity index (χ0n) is 18.9. The summed E-state index contributed by atoms with van der Waals surface area (Å²) in [5, 5.41) is 0. The minimum atomic E-state index is -0.740. The zero-order chi connectivity index (χ0) is 23.5. The Balaban J connectivity index is 1.80. The number of hydrogen-bond acceptors (Lipinski definition) is 6. The second kappa shape index (κ2) is 7.81. The molecule has 0 unspecified atom stereocenters. The van der Waals surface area contributed by atoms with Crippen molar-refractivity contribution in [3.05, 3.63) is 51.5 Å². The van der Waals surface area contributed by atoms with Gasteiger partial charge in [0.15, 0.2) is 0 Å². The van der Waals surface area contributed by atoms with Crippen LogP contribution in [0.25, 0.3) is 16.8 Å². The van der Waals surface area contributed by atoms with Crippen LogP contribution in [0.3, 0.4) is 0 Å². The molecule has 2 aliphatic heterocycles. The third-order valence-electron chi connectivity index (χ3n) is 6.00.